The molecule has 0 atom stereocenters. The van der Waals surface area contributed by atoms with E-state index in [2.05, 4.69) is 20.6 Å². The van der Waals surface area contributed by atoms with Crippen LogP contribution in [0.1, 0.15) is 17.5 Å². The van der Waals surface area contributed by atoms with Crippen LogP contribution in [0.4, 0.5) is 17.3 Å². The van der Waals surface area contributed by atoms with Gasteiger partial charge in [-0.1, -0.05) is 0 Å². The highest BCUT2D eigenvalue weighted by molar-refractivity contribution is 5.91. The summed E-state index contributed by atoms with van der Waals surface area (Å²) in [6.45, 7) is 3.51. The summed E-state index contributed by atoms with van der Waals surface area (Å²) in [5.74, 6) is 0.132. The van der Waals surface area contributed by atoms with Crippen molar-refractivity contribution in [2.75, 3.05) is 49.5 Å². The molecule has 2 amide bonds. The zero-order valence-electron chi connectivity index (χ0n) is 15.8. The number of hydrogen-bond donors (Lipinski definition) is 2. The zero-order valence-corrected chi connectivity index (χ0v) is 15.8. The van der Waals surface area contributed by atoms with Crippen LogP contribution in [0.5, 0.6) is 0 Å². The lowest BCUT2D eigenvalue weighted by Crippen LogP contribution is -2.49. The average Bonchev–Trinajstić information content (AvgIpc) is 3.25. The Labute approximate surface area is 166 Å². The first-order chi connectivity index (χ1) is 14.0. The Balaban J connectivity index is 1.68. The van der Waals surface area contributed by atoms with E-state index in [4.69, 9.17) is 4.42 Å². The van der Waals surface area contributed by atoms with Crippen LogP contribution in [0.25, 0.3) is 0 Å². The standard InChI is InChI=1S/C17H21N7O5/c1-12(25)18-4-5-19-15-14(24(27)28)16(21-11-20-15)22-6-8-23(9-7-22)17(26)13-3-2-10-29-13/h2-3,10-11H,4-9H2,1H3,(H,18,25)(H,19,20,21). The molecule has 0 bridgehead atoms. The highest BCUT2D eigenvalue weighted by Crippen LogP contribution is 2.32. The molecular weight excluding hydrogens is 382 g/mol. The molecular formula is C17H21N7O5. The van der Waals surface area contributed by atoms with E-state index in [0.29, 0.717) is 32.7 Å². The fraction of sp³-hybridized carbons (Fsp3) is 0.412. The number of carbonyl (C=O) groups excluding carboxylic acids is 2. The minimum Gasteiger partial charge on any atom is -0.459 e. The molecule has 0 aromatic carbocycles. The van der Waals surface area contributed by atoms with Gasteiger partial charge in [0.1, 0.15) is 6.33 Å². The molecule has 29 heavy (non-hydrogen) atoms. The molecule has 2 N–H and O–H groups in total. The second kappa shape index (κ2) is 8.99. The van der Waals surface area contributed by atoms with Crippen molar-refractivity contribution in [3.8, 4) is 0 Å². The molecule has 0 saturated carbocycles. The maximum atomic E-state index is 12.4. The second-order valence-electron chi connectivity index (χ2n) is 6.32. The third-order valence-corrected chi connectivity index (χ3v) is 4.38. The fourth-order valence-corrected chi connectivity index (χ4v) is 3.00. The lowest BCUT2D eigenvalue weighted by atomic mass is 10.2. The third-order valence-electron chi connectivity index (χ3n) is 4.38. The minimum absolute atomic E-state index is 0.0828. The molecule has 154 valence electrons. The topological polar surface area (TPSA) is 147 Å². The van der Waals surface area contributed by atoms with Gasteiger partial charge in [0.2, 0.25) is 17.5 Å². The van der Waals surface area contributed by atoms with Gasteiger partial charge < -0.3 is 24.9 Å². The van der Waals surface area contributed by atoms with Crippen LogP contribution < -0.4 is 15.5 Å². The van der Waals surface area contributed by atoms with Gasteiger partial charge in [0.15, 0.2) is 5.76 Å². The highest BCUT2D eigenvalue weighted by Gasteiger charge is 2.30. The van der Waals surface area contributed by atoms with Crippen LogP contribution >= 0.6 is 0 Å². The molecule has 0 spiro atoms. The summed E-state index contributed by atoms with van der Waals surface area (Å²) in [6.07, 6.45) is 2.69. The van der Waals surface area contributed by atoms with Crippen molar-refractivity contribution in [2.24, 2.45) is 0 Å². The fourth-order valence-electron chi connectivity index (χ4n) is 3.00. The van der Waals surface area contributed by atoms with Gasteiger partial charge in [0.05, 0.1) is 11.2 Å². The minimum atomic E-state index is -0.531. The molecule has 1 saturated heterocycles. The van der Waals surface area contributed by atoms with Crippen LogP contribution in [0, 0.1) is 10.1 Å². The van der Waals surface area contributed by atoms with Crippen molar-refractivity contribution in [3.05, 3.63) is 40.6 Å². The summed E-state index contributed by atoms with van der Waals surface area (Å²) in [6, 6.07) is 3.25. The summed E-state index contributed by atoms with van der Waals surface area (Å²) in [5, 5.41) is 17.1. The van der Waals surface area contributed by atoms with Gasteiger partial charge in [-0.2, -0.15) is 0 Å². The quantitative estimate of drug-likeness (QED) is 0.383. The van der Waals surface area contributed by atoms with Crippen LogP contribution in [-0.4, -0.2) is 70.9 Å². The Hall–Kier alpha value is -3.70. The molecule has 0 radical (unpaired) electrons. The normalized spacial score (nSPS) is 13.8. The Kier molecular flexibility index (Phi) is 6.22. The largest absolute Gasteiger partial charge is 0.459 e. The average molecular weight is 403 g/mol. The van der Waals surface area contributed by atoms with Crippen molar-refractivity contribution < 1.29 is 18.9 Å². The first-order valence-electron chi connectivity index (χ1n) is 9.03. The summed E-state index contributed by atoms with van der Waals surface area (Å²) < 4.78 is 5.14. The number of anilines is 2. The molecule has 0 aliphatic carbocycles. The Morgan fingerprint density at radius 2 is 2.00 bits per heavy atom. The van der Waals surface area contributed by atoms with E-state index in [1.54, 1.807) is 21.9 Å². The van der Waals surface area contributed by atoms with Crippen LogP contribution in [0.15, 0.2) is 29.1 Å². The van der Waals surface area contributed by atoms with Gasteiger partial charge in [-0.3, -0.25) is 19.7 Å². The number of rotatable bonds is 7. The van der Waals surface area contributed by atoms with Crippen LogP contribution in [0.2, 0.25) is 0 Å². The molecule has 12 heteroatoms. The number of nitrogens with zero attached hydrogens (tertiary/aromatic N) is 5. The van der Waals surface area contributed by atoms with Crippen molar-refractivity contribution in [1.82, 2.24) is 20.2 Å². The van der Waals surface area contributed by atoms with E-state index in [1.165, 1.54) is 19.5 Å². The Bertz CT molecular complexity index is 878. The van der Waals surface area contributed by atoms with E-state index in [9.17, 15) is 19.7 Å². The number of hydrogen-bond acceptors (Lipinski definition) is 9. The molecule has 1 aliphatic heterocycles. The van der Waals surface area contributed by atoms with E-state index < -0.39 is 4.92 Å². The smallest absolute Gasteiger partial charge is 0.353 e. The Morgan fingerprint density at radius 3 is 2.62 bits per heavy atom. The monoisotopic (exact) mass is 403 g/mol. The summed E-state index contributed by atoms with van der Waals surface area (Å²) >= 11 is 0. The summed E-state index contributed by atoms with van der Waals surface area (Å²) in [7, 11) is 0. The van der Waals surface area contributed by atoms with Crippen molar-refractivity contribution >= 4 is 29.1 Å². The highest BCUT2D eigenvalue weighted by atomic mass is 16.6. The predicted molar refractivity (Wildman–Crippen MR) is 103 cm³/mol. The number of aromatic nitrogens is 2. The lowest BCUT2D eigenvalue weighted by Gasteiger charge is -2.34. The second-order valence-corrected chi connectivity index (χ2v) is 6.32. The molecule has 0 unspecified atom stereocenters. The number of nitrogens with one attached hydrogen (secondary N) is 2. The molecule has 3 rings (SSSR count). The van der Waals surface area contributed by atoms with Crippen LogP contribution in [-0.2, 0) is 4.79 Å². The third kappa shape index (κ3) is 4.78. The SMILES string of the molecule is CC(=O)NCCNc1ncnc(N2CCN(C(=O)c3ccco3)CC2)c1[N+](=O)[O-]. The van der Waals surface area contributed by atoms with Crippen molar-refractivity contribution in [1.29, 1.82) is 0 Å². The first kappa shape index (κ1) is 20.0. The maximum absolute atomic E-state index is 12.4. The lowest BCUT2D eigenvalue weighted by molar-refractivity contribution is -0.383. The van der Waals surface area contributed by atoms with E-state index >= 15 is 0 Å². The number of amides is 2. The number of nitro groups is 1. The first-order valence-corrected chi connectivity index (χ1v) is 9.03. The van der Waals surface area contributed by atoms with Crippen LogP contribution in [0.3, 0.4) is 0 Å². The predicted octanol–water partition coefficient (Wildman–Crippen LogP) is 0.488. The summed E-state index contributed by atoms with van der Waals surface area (Å²) in [5.41, 5.74) is -0.235. The van der Waals surface area contributed by atoms with Gasteiger partial charge in [0, 0.05) is 46.2 Å². The molecule has 1 aliphatic rings. The van der Waals surface area contributed by atoms with Gasteiger partial charge in [0.25, 0.3) is 5.91 Å². The van der Waals surface area contributed by atoms with E-state index in [-0.39, 0.29) is 41.4 Å². The van der Waals surface area contributed by atoms with E-state index in [1.807, 2.05) is 0 Å². The zero-order chi connectivity index (χ0) is 20.8. The van der Waals surface area contributed by atoms with Gasteiger partial charge in [-0.15, -0.1) is 0 Å². The summed E-state index contributed by atoms with van der Waals surface area (Å²) in [4.78, 5) is 45.9. The van der Waals surface area contributed by atoms with Crippen molar-refractivity contribution in [2.45, 2.75) is 6.92 Å². The molecule has 12 nitrogen and oxygen atoms in total. The molecule has 1 fully saturated rings. The number of carbonyl (C=O) groups is 2. The van der Waals surface area contributed by atoms with Crippen molar-refractivity contribution in [3.63, 3.8) is 0 Å². The molecule has 2 aromatic rings. The maximum Gasteiger partial charge on any atom is 0.353 e. The molecule has 2 aromatic heterocycles. The number of furan rings is 1. The number of piperazine rings is 1. The van der Waals surface area contributed by atoms with Gasteiger partial charge in [-0.25, -0.2) is 9.97 Å². The van der Waals surface area contributed by atoms with Gasteiger partial charge in [-0.05, 0) is 12.1 Å². The van der Waals surface area contributed by atoms with E-state index in [0.717, 1.165) is 0 Å². The Morgan fingerprint density at radius 1 is 1.24 bits per heavy atom. The van der Waals surface area contributed by atoms with Gasteiger partial charge >= 0.3 is 5.69 Å². The molecule has 3 heterocycles.